The van der Waals surface area contributed by atoms with Crippen molar-refractivity contribution in [2.75, 3.05) is 6.61 Å². The van der Waals surface area contributed by atoms with Crippen LogP contribution in [0.25, 0.3) is 0 Å². The van der Waals surface area contributed by atoms with Gasteiger partial charge in [0.25, 0.3) is 0 Å². The first-order chi connectivity index (χ1) is 7.39. The summed E-state index contributed by atoms with van der Waals surface area (Å²) in [6.07, 6.45) is 1.73. The van der Waals surface area contributed by atoms with E-state index in [2.05, 4.69) is 5.18 Å². The maximum Gasteiger partial charge on any atom is 0.196 e. The van der Waals surface area contributed by atoms with Crippen LogP contribution in [0.1, 0.15) is 53.9 Å². The Hall–Kier alpha value is -0.480. The third kappa shape index (κ3) is 3.52. The first-order valence-electron chi connectivity index (χ1n) is 6.06. The van der Waals surface area contributed by atoms with E-state index in [1.807, 2.05) is 20.8 Å². The summed E-state index contributed by atoms with van der Waals surface area (Å²) in [4.78, 5) is 10.7. The number of nitrogens with zero attached hydrogens (tertiary/aromatic N) is 1. The maximum atomic E-state index is 10.7. The number of nitroso groups, excluding NO2 is 1. The first kappa shape index (κ1) is 15.5. The molecule has 0 spiro atoms. The van der Waals surface area contributed by atoms with Crippen LogP contribution in [0.15, 0.2) is 5.18 Å². The van der Waals surface area contributed by atoms with E-state index in [1.165, 1.54) is 0 Å². The summed E-state index contributed by atoms with van der Waals surface area (Å²) in [7, 11) is 0. The van der Waals surface area contributed by atoms with Crippen LogP contribution in [0.4, 0.5) is 0 Å². The van der Waals surface area contributed by atoms with E-state index in [0.29, 0.717) is 13.0 Å². The molecule has 0 rings (SSSR count). The van der Waals surface area contributed by atoms with E-state index < -0.39 is 11.8 Å². The fraction of sp³-hybridized carbons (Fsp3) is 1.00. The highest BCUT2D eigenvalue weighted by molar-refractivity contribution is 4.83. The predicted molar refractivity (Wildman–Crippen MR) is 65.1 cm³/mol. The molecule has 0 bridgehead atoms. The molecule has 2 atom stereocenters. The van der Waals surface area contributed by atoms with E-state index >= 15 is 0 Å². The van der Waals surface area contributed by atoms with E-state index in [1.54, 1.807) is 13.8 Å². The Morgan fingerprint density at radius 3 is 2.00 bits per heavy atom. The lowest BCUT2D eigenvalue weighted by molar-refractivity contribution is -0.107. The lowest BCUT2D eigenvalue weighted by atomic mass is 9.78. The number of hydrogen-bond donors (Lipinski definition) is 1. The Morgan fingerprint density at radius 1 is 1.25 bits per heavy atom. The standard InChI is InChI=1S/C12H25NO3/c1-6-11(5,13-15)16-9-12(7-2,8-3)10(4)14/h10,14H,6-9H2,1-5H3. The van der Waals surface area contributed by atoms with Gasteiger partial charge in [0, 0.05) is 5.41 Å². The lowest BCUT2D eigenvalue weighted by Gasteiger charge is -2.36. The smallest absolute Gasteiger partial charge is 0.196 e. The molecule has 4 nitrogen and oxygen atoms in total. The highest BCUT2D eigenvalue weighted by atomic mass is 16.5. The Morgan fingerprint density at radius 2 is 1.75 bits per heavy atom. The highest BCUT2D eigenvalue weighted by Gasteiger charge is 2.35. The van der Waals surface area contributed by atoms with Crippen LogP contribution >= 0.6 is 0 Å². The molecule has 0 saturated carbocycles. The van der Waals surface area contributed by atoms with Gasteiger partial charge >= 0.3 is 0 Å². The van der Waals surface area contributed by atoms with Gasteiger partial charge in [-0.25, -0.2) is 0 Å². The van der Waals surface area contributed by atoms with Gasteiger partial charge in [0.1, 0.15) is 0 Å². The molecule has 0 saturated heterocycles. The molecule has 0 amide bonds. The van der Waals surface area contributed by atoms with Crippen molar-refractivity contribution in [2.24, 2.45) is 10.6 Å². The molecule has 16 heavy (non-hydrogen) atoms. The second-order valence-corrected chi connectivity index (χ2v) is 4.65. The fourth-order valence-electron chi connectivity index (χ4n) is 1.66. The van der Waals surface area contributed by atoms with Crippen LogP contribution in [0.5, 0.6) is 0 Å². The van der Waals surface area contributed by atoms with Gasteiger partial charge in [-0.1, -0.05) is 20.8 Å². The molecule has 2 unspecified atom stereocenters. The van der Waals surface area contributed by atoms with Crippen LogP contribution in [-0.2, 0) is 4.74 Å². The van der Waals surface area contributed by atoms with Gasteiger partial charge in [-0.05, 0) is 38.3 Å². The Bertz CT molecular complexity index is 214. The molecule has 0 aliphatic rings. The van der Waals surface area contributed by atoms with Crippen LogP contribution < -0.4 is 0 Å². The van der Waals surface area contributed by atoms with Gasteiger partial charge in [0.15, 0.2) is 5.72 Å². The first-order valence-corrected chi connectivity index (χ1v) is 6.06. The molecule has 0 fully saturated rings. The van der Waals surface area contributed by atoms with E-state index in [0.717, 1.165) is 12.8 Å². The number of hydrogen-bond acceptors (Lipinski definition) is 4. The van der Waals surface area contributed by atoms with Gasteiger partial charge < -0.3 is 9.84 Å². The van der Waals surface area contributed by atoms with Gasteiger partial charge in [-0.3, -0.25) is 0 Å². The molecule has 0 aliphatic carbocycles. The zero-order valence-corrected chi connectivity index (χ0v) is 11.1. The van der Waals surface area contributed by atoms with Gasteiger partial charge in [-0.2, -0.15) is 0 Å². The van der Waals surface area contributed by atoms with Crippen molar-refractivity contribution < 1.29 is 9.84 Å². The Balaban J connectivity index is 4.60. The van der Waals surface area contributed by atoms with Crippen molar-refractivity contribution >= 4 is 0 Å². The van der Waals surface area contributed by atoms with Gasteiger partial charge in [0.05, 0.1) is 12.7 Å². The van der Waals surface area contributed by atoms with Crippen LogP contribution in [0.3, 0.4) is 0 Å². The molecule has 1 N–H and O–H groups in total. The van der Waals surface area contributed by atoms with E-state index in [-0.39, 0.29) is 5.41 Å². The minimum Gasteiger partial charge on any atom is -0.393 e. The Labute approximate surface area is 98.4 Å². The second kappa shape index (κ2) is 6.30. The van der Waals surface area contributed by atoms with Crippen LogP contribution in [-0.4, -0.2) is 23.5 Å². The third-order valence-corrected chi connectivity index (χ3v) is 3.81. The molecule has 0 aromatic carbocycles. The summed E-state index contributed by atoms with van der Waals surface area (Å²) < 4.78 is 5.60. The molecule has 4 heteroatoms. The summed E-state index contributed by atoms with van der Waals surface area (Å²) in [5.41, 5.74) is -1.24. The quantitative estimate of drug-likeness (QED) is 0.653. The minimum atomic E-state index is -0.968. The van der Waals surface area contributed by atoms with Crippen LogP contribution in [0, 0.1) is 10.3 Å². The normalized spacial score (nSPS) is 17.9. The van der Waals surface area contributed by atoms with Crippen molar-refractivity contribution in [1.29, 1.82) is 0 Å². The van der Waals surface area contributed by atoms with Crippen LogP contribution in [0.2, 0.25) is 0 Å². The number of aliphatic hydroxyl groups excluding tert-OH is 1. The molecule has 0 aromatic heterocycles. The molecule has 0 aromatic rings. The topological polar surface area (TPSA) is 58.9 Å². The van der Waals surface area contributed by atoms with Crippen molar-refractivity contribution in [3.63, 3.8) is 0 Å². The zero-order valence-electron chi connectivity index (χ0n) is 11.1. The summed E-state index contributed by atoms with van der Waals surface area (Å²) in [5, 5.41) is 12.8. The molecule has 0 aliphatic heterocycles. The predicted octanol–water partition coefficient (Wildman–Crippen LogP) is 3.08. The monoisotopic (exact) mass is 231 g/mol. The second-order valence-electron chi connectivity index (χ2n) is 4.65. The summed E-state index contributed by atoms with van der Waals surface area (Å²) in [5.74, 6) is 0. The minimum absolute atomic E-state index is 0.277. The van der Waals surface area contributed by atoms with E-state index in [4.69, 9.17) is 4.74 Å². The van der Waals surface area contributed by atoms with Gasteiger partial charge in [-0.15, -0.1) is 4.91 Å². The molecule has 0 radical (unpaired) electrons. The summed E-state index contributed by atoms with van der Waals surface area (Å²) >= 11 is 0. The number of aliphatic hydroxyl groups is 1. The van der Waals surface area contributed by atoms with Crippen molar-refractivity contribution in [3.8, 4) is 0 Å². The van der Waals surface area contributed by atoms with Crippen molar-refractivity contribution in [2.45, 2.75) is 65.7 Å². The largest absolute Gasteiger partial charge is 0.393 e. The Kier molecular flexibility index (Phi) is 6.11. The average Bonchev–Trinajstić information content (AvgIpc) is 2.30. The molecular formula is C12H25NO3. The summed E-state index contributed by atoms with van der Waals surface area (Å²) in [6, 6.07) is 0. The third-order valence-electron chi connectivity index (χ3n) is 3.81. The van der Waals surface area contributed by atoms with Crippen molar-refractivity contribution in [1.82, 2.24) is 0 Å². The summed E-state index contributed by atoms with van der Waals surface area (Å²) in [6.45, 7) is 9.73. The fourth-order valence-corrected chi connectivity index (χ4v) is 1.66. The maximum absolute atomic E-state index is 10.7. The number of ether oxygens (including phenoxy) is 1. The van der Waals surface area contributed by atoms with Crippen molar-refractivity contribution in [3.05, 3.63) is 4.91 Å². The highest BCUT2D eigenvalue weighted by Crippen LogP contribution is 2.33. The molecule has 96 valence electrons. The van der Waals surface area contributed by atoms with E-state index in [9.17, 15) is 10.0 Å². The molecular weight excluding hydrogens is 206 g/mol. The zero-order chi connectivity index (χ0) is 12.8. The SMILES string of the molecule is CCC(C)(N=O)OCC(CC)(CC)C(C)O. The number of rotatable bonds is 8. The average molecular weight is 231 g/mol. The molecule has 0 heterocycles. The van der Waals surface area contributed by atoms with Gasteiger partial charge in [0.2, 0.25) is 0 Å². The lowest BCUT2D eigenvalue weighted by Crippen LogP contribution is -2.40.